The minimum absolute atomic E-state index is 0.0851. The highest BCUT2D eigenvalue weighted by molar-refractivity contribution is 7.89. The zero-order valence-corrected chi connectivity index (χ0v) is 20.4. The molecule has 0 aromatic heterocycles. The van der Waals surface area contributed by atoms with Crippen LogP contribution in [0, 0.1) is 5.92 Å². The van der Waals surface area contributed by atoms with Gasteiger partial charge < -0.3 is 4.74 Å². The van der Waals surface area contributed by atoms with Crippen molar-refractivity contribution in [3.8, 4) is 16.9 Å². The van der Waals surface area contributed by atoms with Crippen molar-refractivity contribution in [2.75, 3.05) is 13.7 Å². The molecule has 1 heterocycles. The molecule has 0 aliphatic carbocycles. The van der Waals surface area contributed by atoms with Gasteiger partial charge in [-0.3, -0.25) is 10.0 Å². The molecule has 7 nitrogen and oxygen atoms in total. The van der Waals surface area contributed by atoms with Crippen molar-refractivity contribution in [3.05, 3.63) is 84.4 Å². The van der Waals surface area contributed by atoms with E-state index >= 15 is 0 Å². The topological polar surface area (TPSA) is 95.9 Å². The Morgan fingerprint density at radius 2 is 1.63 bits per heavy atom. The van der Waals surface area contributed by atoms with Crippen LogP contribution in [0.25, 0.3) is 11.1 Å². The van der Waals surface area contributed by atoms with E-state index < -0.39 is 22.0 Å². The Morgan fingerprint density at radius 1 is 0.971 bits per heavy atom. The number of hydrogen-bond acceptors (Lipinski definition) is 5. The summed E-state index contributed by atoms with van der Waals surface area (Å²) in [7, 11) is -2.47. The maximum atomic E-state index is 13.6. The van der Waals surface area contributed by atoms with Crippen LogP contribution in [0.5, 0.6) is 5.75 Å². The summed E-state index contributed by atoms with van der Waals surface area (Å²) >= 11 is 0. The number of hydroxylamine groups is 1. The second-order valence-electron chi connectivity index (χ2n) is 8.74. The van der Waals surface area contributed by atoms with Gasteiger partial charge in [0, 0.05) is 6.54 Å². The molecule has 0 saturated carbocycles. The molecule has 2 N–H and O–H groups in total. The largest absolute Gasteiger partial charge is 0.497 e. The number of nitrogens with zero attached hydrogens (tertiary/aromatic N) is 1. The summed E-state index contributed by atoms with van der Waals surface area (Å²) in [4.78, 5) is 12.9. The lowest BCUT2D eigenvalue weighted by Crippen LogP contribution is -2.52. The Bertz CT molecular complexity index is 1230. The van der Waals surface area contributed by atoms with Gasteiger partial charge in [0.05, 0.1) is 12.0 Å². The first-order chi connectivity index (χ1) is 16.9. The van der Waals surface area contributed by atoms with Gasteiger partial charge in [-0.05, 0) is 66.1 Å². The molecule has 1 fully saturated rings. The summed E-state index contributed by atoms with van der Waals surface area (Å²) in [5, 5.41) is 9.51. The smallest absolute Gasteiger partial charge is 0.262 e. The molecule has 2 atom stereocenters. The Labute approximate surface area is 206 Å². The molecule has 3 aromatic carbocycles. The fourth-order valence-corrected chi connectivity index (χ4v) is 6.44. The summed E-state index contributed by atoms with van der Waals surface area (Å²) in [6.07, 6.45) is 2.61. The predicted octanol–water partition coefficient (Wildman–Crippen LogP) is 4.27. The number of amides is 1. The predicted molar refractivity (Wildman–Crippen MR) is 134 cm³/mol. The molecule has 4 rings (SSSR count). The molecule has 1 aliphatic heterocycles. The minimum Gasteiger partial charge on any atom is -0.497 e. The molecule has 1 amide bonds. The number of nitrogens with one attached hydrogen (secondary N) is 1. The molecule has 0 radical (unpaired) electrons. The summed E-state index contributed by atoms with van der Waals surface area (Å²) in [6.45, 7) is 0.204. The molecule has 35 heavy (non-hydrogen) atoms. The van der Waals surface area contributed by atoms with Crippen molar-refractivity contribution < 1.29 is 23.2 Å². The van der Waals surface area contributed by atoms with Crippen LogP contribution in [0.15, 0.2) is 83.8 Å². The fourth-order valence-electron chi connectivity index (χ4n) is 4.75. The molecule has 0 spiro atoms. The van der Waals surface area contributed by atoms with Crippen molar-refractivity contribution in [1.82, 2.24) is 9.79 Å². The van der Waals surface area contributed by atoms with Gasteiger partial charge in [-0.15, -0.1) is 0 Å². The molecular formula is C27H30N2O5S. The van der Waals surface area contributed by atoms with E-state index in [4.69, 9.17) is 4.74 Å². The highest BCUT2D eigenvalue weighted by atomic mass is 32.2. The van der Waals surface area contributed by atoms with Crippen LogP contribution < -0.4 is 10.2 Å². The standard InChI is InChI=1S/C27H30N2O5S/c1-34-24-14-16-25(17-15-24)35(32,33)29-18-6-5-9-23(26(29)27(30)28-31)19-20-10-12-22(13-11-20)21-7-3-2-4-8-21/h2-4,7-8,10-17,23,26,31H,5-6,9,18-19H2,1H3,(H,28,30)/t23-,26-/m1/s1. The number of carbonyl (C=O) groups is 1. The molecule has 0 bridgehead atoms. The second-order valence-corrected chi connectivity index (χ2v) is 10.6. The van der Waals surface area contributed by atoms with E-state index in [1.54, 1.807) is 17.6 Å². The number of rotatable bonds is 7. The summed E-state index contributed by atoms with van der Waals surface area (Å²) in [6, 6.07) is 23.2. The Kier molecular flexibility index (Phi) is 7.85. The average molecular weight is 495 g/mol. The monoisotopic (exact) mass is 494 g/mol. The fraction of sp³-hybridized carbons (Fsp3) is 0.296. The third-order valence-corrected chi connectivity index (χ3v) is 8.46. The maximum Gasteiger partial charge on any atom is 0.262 e. The zero-order valence-electron chi connectivity index (χ0n) is 19.6. The van der Waals surface area contributed by atoms with Gasteiger partial charge in [0.2, 0.25) is 10.0 Å². The third kappa shape index (κ3) is 5.56. The molecule has 3 aromatic rings. The molecule has 1 saturated heterocycles. The highest BCUT2D eigenvalue weighted by Crippen LogP contribution is 2.32. The van der Waals surface area contributed by atoms with E-state index in [1.807, 2.05) is 54.6 Å². The van der Waals surface area contributed by atoms with E-state index in [2.05, 4.69) is 0 Å². The summed E-state index contributed by atoms with van der Waals surface area (Å²) in [5.74, 6) is -0.462. The van der Waals surface area contributed by atoms with Crippen LogP contribution in [-0.4, -0.2) is 43.5 Å². The van der Waals surface area contributed by atoms with Gasteiger partial charge in [-0.2, -0.15) is 4.31 Å². The maximum absolute atomic E-state index is 13.6. The van der Waals surface area contributed by atoms with Crippen LogP contribution in [-0.2, 0) is 21.2 Å². The van der Waals surface area contributed by atoms with E-state index in [9.17, 15) is 18.4 Å². The van der Waals surface area contributed by atoms with Gasteiger partial charge in [0.1, 0.15) is 11.8 Å². The van der Waals surface area contributed by atoms with Gasteiger partial charge in [0.25, 0.3) is 5.91 Å². The average Bonchev–Trinajstić information content (AvgIpc) is 3.12. The molecular weight excluding hydrogens is 464 g/mol. The number of benzene rings is 3. The van der Waals surface area contributed by atoms with Crippen molar-refractivity contribution >= 4 is 15.9 Å². The SMILES string of the molecule is COc1ccc(S(=O)(=O)N2CCCC[C@H](Cc3ccc(-c4ccccc4)cc3)[C@@H]2C(=O)NO)cc1. The second kappa shape index (κ2) is 11.0. The Balaban J connectivity index is 1.62. The number of methoxy groups -OCH3 is 1. The molecule has 1 aliphatic rings. The van der Waals surface area contributed by atoms with E-state index in [-0.39, 0.29) is 17.4 Å². The molecule has 0 unspecified atom stereocenters. The molecule has 184 valence electrons. The van der Waals surface area contributed by atoms with Gasteiger partial charge in [-0.1, -0.05) is 61.0 Å². The van der Waals surface area contributed by atoms with Gasteiger partial charge in [-0.25, -0.2) is 13.9 Å². The zero-order chi connectivity index (χ0) is 24.8. The van der Waals surface area contributed by atoms with E-state index in [0.717, 1.165) is 23.1 Å². The summed E-state index contributed by atoms with van der Waals surface area (Å²) < 4.78 is 33.6. The minimum atomic E-state index is -3.98. The highest BCUT2D eigenvalue weighted by Gasteiger charge is 2.42. The lowest BCUT2D eigenvalue weighted by molar-refractivity contribution is -0.134. The van der Waals surface area contributed by atoms with Crippen LogP contribution in [0.1, 0.15) is 24.8 Å². The van der Waals surface area contributed by atoms with Crippen LogP contribution >= 0.6 is 0 Å². The number of sulfonamides is 1. The van der Waals surface area contributed by atoms with Crippen molar-refractivity contribution in [2.45, 2.75) is 36.6 Å². The van der Waals surface area contributed by atoms with Crippen molar-refractivity contribution in [2.24, 2.45) is 5.92 Å². The van der Waals surface area contributed by atoms with E-state index in [0.29, 0.717) is 25.0 Å². The first-order valence-electron chi connectivity index (χ1n) is 11.7. The lowest BCUT2D eigenvalue weighted by atomic mass is 9.88. The van der Waals surface area contributed by atoms with Gasteiger partial charge in [0.15, 0.2) is 0 Å². The first kappa shape index (κ1) is 24.9. The Morgan fingerprint density at radius 3 is 2.26 bits per heavy atom. The number of hydrogen-bond donors (Lipinski definition) is 2. The quantitative estimate of drug-likeness (QED) is 0.378. The normalized spacial score (nSPS) is 19.0. The van der Waals surface area contributed by atoms with Crippen LogP contribution in [0.4, 0.5) is 0 Å². The third-order valence-electron chi connectivity index (χ3n) is 6.56. The van der Waals surface area contributed by atoms with Crippen LogP contribution in [0.3, 0.4) is 0 Å². The Hall–Kier alpha value is -3.20. The van der Waals surface area contributed by atoms with Crippen molar-refractivity contribution in [1.29, 1.82) is 0 Å². The van der Waals surface area contributed by atoms with Crippen molar-refractivity contribution in [3.63, 3.8) is 0 Å². The van der Waals surface area contributed by atoms with E-state index in [1.165, 1.54) is 23.5 Å². The molecule has 8 heteroatoms. The number of ether oxygens (including phenoxy) is 1. The number of carbonyl (C=O) groups excluding carboxylic acids is 1. The van der Waals surface area contributed by atoms with Crippen LogP contribution in [0.2, 0.25) is 0 Å². The lowest BCUT2D eigenvalue weighted by Gasteiger charge is -2.32. The first-order valence-corrected chi connectivity index (χ1v) is 13.1. The summed E-state index contributed by atoms with van der Waals surface area (Å²) in [5.41, 5.74) is 4.92. The van der Waals surface area contributed by atoms with Gasteiger partial charge >= 0.3 is 0 Å².